The molecule has 54 valence electrons. The van der Waals surface area contributed by atoms with Gasteiger partial charge in [-0.3, -0.25) is 0 Å². The summed E-state index contributed by atoms with van der Waals surface area (Å²) in [7, 11) is 0. The second-order valence-electron chi connectivity index (χ2n) is 1.40. The minimum atomic E-state index is 0.217. The molecule has 0 fully saturated rings. The van der Waals surface area contributed by atoms with Crippen molar-refractivity contribution in [1.29, 1.82) is 0 Å². The average Bonchev–Trinajstić information content (AvgIpc) is 1.80. The van der Waals surface area contributed by atoms with Crippen molar-refractivity contribution >= 4 is 11.6 Å². The molecule has 0 unspecified atom stereocenters. The van der Waals surface area contributed by atoms with Gasteiger partial charge in [0.15, 0.2) is 5.22 Å². The highest BCUT2D eigenvalue weighted by Gasteiger charge is 1.86. The molecule has 2 nitrogen and oxygen atoms in total. The van der Waals surface area contributed by atoms with Crippen LogP contribution in [0.2, 0.25) is 0 Å². The summed E-state index contributed by atoms with van der Waals surface area (Å²) in [5.41, 5.74) is 0. The molecule has 0 aromatic heterocycles. The lowest BCUT2D eigenvalue weighted by Crippen LogP contribution is -2.01. The Labute approximate surface area is 60.4 Å². The molecule has 0 aliphatic carbocycles. The summed E-state index contributed by atoms with van der Waals surface area (Å²) >= 11 is 5.28. The van der Waals surface area contributed by atoms with Crippen LogP contribution in [0.1, 0.15) is 6.92 Å². The van der Waals surface area contributed by atoms with Gasteiger partial charge in [-0.2, -0.15) is 0 Å². The van der Waals surface area contributed by atoms with E-state index >= 15 is 0 Å². The first kappa shape index (κ1) is 8.79. The predicted molar refractivity (Wildman–Crippen MR) is 37.4 cm³/mol. The molecule has 0 aromatic rings. The Kier molecular flexibility index (Phi) is 5.78. The van der Waals surface area contributed by atoms with Crippen LogP contribution in [0.4, 0.5) is 0 Å². The van der Waals surface area contributed by atoms with Gasteiger partial charge in [0.25, 0.3) is 0 Å². The third-order valence-electron chi connectivity index (χ3n) is 0.690. The molecular weight excluding hydrogens is 140 g/mol. The van der Waals surface area contributed by atoms with Crippen LogP contribution in [0.25, 0.3) is 0 Å². The largest absolute Gasteiger partial charge is 0.481 e. The standard InChI is InChI=1S/C6H11ClO2/c1-3-8-4-5-9-6(2)7/h2-5H2,1H3. The number of rotatable bonds is 5. The summed E-state index contributed by atoms with van der Waals surface area (Å²) in [6.45, 7) is 7.03. The van der Waals surface area contributed by atoms with Crippen molar-refractivity contribution in [2.75, 3.05) is 19.8 Å². The lowest BCUT2D eigenvalue weighted by Gasteiger charge is -2.01. The van der Waals surface area contributed by atoms with Gasteiger partial charge in [-0.1, -0.05) is 0 Å². The topological polar surface area (TPSA) is 18.5 Å². The molecule has 0 radical (unpaired) electrons. The summed E-state index contributed by atoms with van der Waals surface area (Å²) in [6, 6.07) is 0. The fraction of sp³-hybridized carbons (Fsp3) is 0.667. The smallest absolute Gasteiger partial charge is 0.179 e. The van der Waals surface area contributed by atoms with Gasteiger partial charge in [-0.05, 0) is 25.1 Å². The Hall–Kier alpha value is -0.210. The highest BCUT2D eigenvalue weighted by molar-refractivity contribution is 6.27. The highest BCUT2D eigenvalue weighted by Crippen LogP contribution is 1.96. The normalized spacial score (nSPS) is 9.11. The summed E-state index contributed by atoms with van der Waals surface area (Å²) < 4.78 is 9.75. The van der Waals surface area contributed by atoms with E-state index in [9.17, 15) is 0 Å². The minimum absolute atomic E-state index is 0.217. The van der Waals surface area contributed by atoms with Crippen LogP contribution in [0.5, 0.6) is 0 Å². The first-order valence-electron chi connectivity index (χ1n) is 2.82. The van der Waals surface area contributed by atoms with Crippen molar-refractivity contribution in [3.63, 3.8) is 0 Å². The molecule has 9 heavy (non-hydrogen) atoms. The maximum absolute atomic E-state index is 5.28. The van der Waals surface area contributed by atoms with E-state index in [-0.39, 0.29) is 5.22 Å². The van der Waals surface area contributed by atoms with Crippen molar-refractivity contribution < 1.29 is 9.47 Å². The molecule has 0 saturated carbocycles. The van der Waals surface area contributed by atoms with Gasteiger partial charge >= 0.3 is 0 Å². The van der Waals surface area contributed by atoms with E-state index in [2.05, 4.69) is 6.58 Å². The molecular formula is C6H11ClO2. The number of halogens is 1. The maximum atomic E-state index is 5.28. The molecule has 0 rings (SSSR count). The zero-order valence-corrected chi connectivity index (χ0v) is 6.28. The fourth-order valence-corrected chi connectivity index (χ4v) is 0.433. The van der Waals surface area contributed by atoms with E-state index in [4.69, 9.17) is 21.1 Å². The van der Waals surface area contributed by atoms with Crippen LogP contribution in [0.3, 0.4) is 0 Å². The zero-order valence-electron chi connectivity index (χ0n) is 5.52. The summed E-state index contributed by atoms with van der Waals surface area (Å²) in [6.07, 6.45) is 0. The molecule has 0 heterocycles. The molecule has 0 aliphatic heterocycles. The number of hydrogen-bond donors (Lipinski definition) is 0. The Balaban J connectivity index is 2.83. The van der Waals surface area contributed by atoms with Gasteiger partial charge in [0, 0.05) is 6.61 Å². The van der Waals surface area contributed by atoms with Crippen molar-refractivity contribution in [3.05, 3.63) is 11.8 Å². The fourth-order valence-electron chi connectivity index (χ4n) is 0.356. The van der Waals surface area contributed by atoms with E-state index in [1.807, 2.05) is 6.92 Å². The van der Waals surface area contributed by atoms with Crippen LogP contribution >= 0.6 is 11.6 Å². The molecule has 0 atom stereocenters. The van der Waals surface area contributed by atoms with E-state index < -0.39 is 0 Å². The Morgan fingerprint density at radius 1 is 1.56 bits per heavy atom. The van der Waals surface area contributed by atoms with Crippen LogP contribution in [-0.2, 0) is 9.47 Å². The van der Waals surface area contributed by atoms with Crippen LogP contribution < -0.4 is 0 Å². The van der Waals surface area contributed by atoms with E-state index in [1.54, 1.807) is 0 Å². The van der Waals surface area contributed by atoms with Crippen LogP contribution in [-0.4, -0.2) is 19.8 Å². The van der Waals surface area contributed by atoms with Gasteiger partial charge in [-0.25, -0.2) is 0 Å². The Morgan fingerprint density at radius 2 is 2.22 bits per heavy atom. The number of ether oxygens (including phenoxy) is 2. The van der Waals surface area contributed by atoms with E-state index in [0.717, 1.165) is 0 Å². The van der Waals surface area contributed by atoms with Crippen molar-refractivity contribution in [3.8, 4) is 0 Å². The van der Waals surface area contributed by atoms with Gasteiger partial charge in [0.1, 0.15) is 6.61 Å². The summed E-state index contributed by atoms with van der Waals surface area (Å²) in [5.74, 6) is 0. The molecule has 0 amide bonds. The molecule has 0 aromatic carbocycles. The third-order valence-corrected chi connectivity index (χ3v) is 0.800. The first-order valence-corrected chi connectivity index (χ1v) is 3.20. The molecule has 0 saturated heterocycles. The first-order chi connectivity index (χ1) is 4.27. The second kappa shape index (κ2) is 5.92. The SMILES string of the molecule is C=C(Cl)OCCOCC. The molecule has 3 heteroatoms. The summed E-state index contributed by atoms with van der Waals surface area (Å²) in [5, 5.41) is 0.217. The van der Waals surface area contributed by atoms with E-state index in [1.165, 1.54) is 0 Å². The summed E-state index contributed by atoms with van der Waals surface area (Å²) in [4.78, 5) is 0. The van der Waals surface area contributed by atoms with E-state index in [0.29, 0.717) is 19.8 Å². The highest BCUT2D eigenvalue weighted by atomic mass is 35.5. The minimum Gasteiger partial charge on any atom is -0.481 e. The molecule has 0 aliphatic rings. The van der Waals surface area contributed by atoms with Gasteiger partial charge in [0.2, 0.25) is 0 Å². The monoisotopic (exact) mass is 150 g/mol. The average molecular weight is 151 g/mol. The van der Waals surface area contributed by atoms with Crippen molar-refractivity contribution in [2.24, 2.45) is 0 Å². The van der Waals surface area contributed by atoms with Gasteiger partial charge < -0.3 is 9.47 Å². The molecule has 0 spiro atoms. The Morgan fingerprint density at radius 3 is 2.67 bits per heavy atom. The second-order valence-corrected chi connectivity index (χ2v) is 1.82. The molecule has 0 bridgehead atoms. The van der Waals surface area contributed by atoms with Crippen molar-refractivity contribution in [1.82, 2.24) is 0 Å². The number of hydrogen-bond acceptors (Lipinski definition) is 2. The zero-order chi connectivity index (χ0) is 7.11. The predicted octanol–water partition coefficient (Wildman–Crippen LogP) is 1.75. The van der Waals surface area contributed by atoms with Crippen molar-refractivity contribution in [2.45, 2.75) is 6.92 Å². The third kappa shape index (κ3) is 7.79. The Bertz CT molecular complexity index is 83.1. The molecule has 0 N–H and O–H groups in total. The lowest BCUT2D eigenvalue weighted by molar-refractivity contribution is 0.0901. The van der Waals surface area contributed by atoms with Gasteiger partial charge in [-0.15, -0.1) is 0 Å². The lowest BCUT2D eigenvalue weighted by atomic mass is 10.7. The maximum Gasteiger partial charge on any atom is 0.179 e. The van der Waals surface area contributed by atoms with Crippen LogP contribution in [0, 0.1) is 0 Å². The van der Waals surface area contributed by atoms with Crippen LogP contribution in [0.15, 0.2) is 11.8 Å². The van der Waals surface area contributed by atoms with Gasteiger partial charge in [0.05, 0.1) is 6.61 Å². The quantitative estimate of drug-likeness (QED) is 0.439.